The van der Waals surface area contributed by atoms with Crippen molar-refractivity contribution in [3.8, 4) is 0 Å². The van der Waals surface area contributed by atoms with Crippen LogP contribution in [0.1, 0.15) is 34.8 Å². The van der Waals surface area contributed by atoms with Gasteiger partial charge < -0.3 is 4.90 Å². The number of carbonyl (C=O) groups is 2. The number of halogens is 1. The molecule has 0 saturated carbocycles. The Bertz CT molecular complexity index is 498. The summed E-state index contributed by atoms with van der Waals surface area (Å²) in [4.78, 5) is 25.2. The van der Waals surface area contributed by atoms with Gasteiger partial charge in [0.2, 0.25) is 0 Å². The van der Waals surface area contributed by atoms with Crippen molar-refractivity contribution in [1.82, 2.24) is 4.90 Å². The summed E-state index contributed by atoms with van der Waals surface area (Å²) in [5.41, 5.74) is 1.61. The van der Waals surface area contributed by atoms with Crippen LogP contribution in [0, 0.1) is 0 Å². The van der Waals surface area contributed by atoms with Crippen LogP contribution >= 0.6 is 11.6 Å². The fourth-order valence-corrected chi connectivity index (χ4v) is 2.69. The van der Waals surface area contributed by atoms with E-state index >= 15 is 0 Å². The standard InChI is InChI=1S/C12H10ClNO2/c13-7-1-2-9-10(5-7)11-6-8(15)3-4-14(11)12(9)16/h1-2,5,11H,3-4,6H2. The number of amides is 1. The molecule has 1 aromatic rings. The first kappa shape index (κ1) is 9.85. The molecule has 0 spiro atoms. The van der Waals surface area contributed by atoms with Gasteiger partial charge in [-0.15, -0.1) is 0 Å². The van der Waals surface area contributed by atoms with Crippen LogP contribution in [-0.2, 0) is 4.79 Å². The Kier molecular flexibility index (Phi) is 2.04. The van der Waals surface area contributed by atoms with Gasteiger partial charge in [0.25, 0.3) is 5.91 Å². The lowest BCUT2D eigenvalue weighted by Gasteiger charge is -2.29. The number of hydrogen-bond donors (Lipinski definition) is 0. The number of fused-ring (bicyclic) bond motifs is 3. The van der Waals surface area contributed by atoms with Crippen molar-refractivity contribution < 1.29 is 9.59 Å². The second kappa shape index (κ2) is 3.32. The number of carbonyl (C=O) groups excluding carboxylic acids is 2. The van der Waals surface area contributed by atoms with Crippen molar-refractivity contribution in [3.63, 3.8) is 0 Å². The molecular formula is C12H10ClNO2. The molecule has 1 atom stereocenters. The number of ketones is 1. The first-order valence-corrected chi connectivity index (χ1v) is 5.67. The highest BCUT2D eigenvalue weighted by Gasteiger charge is 2.40. The summed E-state index contributed by atoms with van der Waals surface area (Å²) in [6.45, 7) is 0.536. The highest BCUT2D eigenvalue weighted by Crippen LogP contribution is 2.39. The first-order chi connectivity index (χ1) is 7.66. The van der Waals surface area contributed by atoms with Crippen LogP contribution in [0.5, 0.6) is 0 Å². The fourth-order valence-electron chi connectivity index (χ4n) is 2.51. The van der Waals surface area contributed by atoms with E-state index in [9.17, 15) is 9.59 Å². The van der Waals surface area contributed by atoms with Gasteiger partial charge in [0, 0.05) is 30.0 Å². The predicted molar refractivity (Wildman–Crippen MR) is 59.5 cm³/mol. The molecule has 2 aliphatic heterocycles. The molecule has 0 N–H and O–H groups in total. The van der Waals surface area contributed by atoms with Gasteiger partial charge in [-0.3, -0.25) is 9.59 Å². The molecule has 16 heavy (non-hydrogen) atoms. The Hall–Kier alpha value is -1.35. The SMILES string of the molecule is O=C1CCN2C(=O)c3ccc(Cl)cc3C2C1. The number of benzene rings is 1. The van der Waals surface area contributed by atoms with Crippen molar-refractivity contribution >= 4 is 23.3 Å². The Labute approximate surface area is 98.0 Å². The Morgan fingerprint density at radius 1 is 1.31 bits per heavy atom. The van der Waals surface area contributed by atoms with Gasteiger partial charge in [-0.05, 0) is 23.8 Å². The smallest absolute Gasteiger partial charge is 0.254 e. The van der Waals surface area contributed by atoms with E-state index in [0.29, 0.717) is 30.0 Å². The minimum Gasteiger partial charge on any atom is -0.331 e. The normalized spacial score (nSPS) is 23.3. The van der Waals surface area contributed by atoms with E-state index in [1.54, 1.807) is 23.1 Å². The lowest BCUT2D eigenvalue weighted by Crippen LogP contribution is -2.35. The summed E-state index contributed by atoms with van der Waals surface area (Å²) >= 11 is 5.92. The van der Waals surface area contributed by atoms with Crippen molar-refractivity contribution in [2.45, 2.75) is 18.9 Å². The maximum atomic E-state index is 12.0. The minimum absolute atomic E-state index is 0.0316. The van der Waals surface area contributed by atoms with Crippen LogP contribution in [0.4, 0.5) is 0 Å². The van der Waals surface area contributed by atoms with Crippen LogP contribution in [0.3, 0.4) is 0 Å². The summed E-state index contributed by atoms with van der Waals surface area (Å²) in [5.74, 6) is 0.256. The average molecular weight is 236 g/mol. The highest BCUT2D eigenvalue weighted by molar-refractivity contribution is 6.30. The molecule has 0 aromatic heterocycles. The topological polar surface area (TPSA) is 37.4 Å². The van der Waals surface area contributed by atoms with Crippen molar-refractivity contribution in [1.29, 1.82) is 0 Å². The third-order valence-corrected chi connectivity index (χ3v) is 3.53. The lowest BCUT2D eigenvalue weighted by atomic mass is 9.97. The predicted octanol–water partition coefficient (Wildman–Crippen LogP) is 2.20. The number of nitrogens with zero attached hydrogens (tertiary/aromatic N) is 1. The zero-order chi connectivity index (χ0) is 11.3. The van der Waals surface area contributed by atoms with Crippen LogP contribution in [-0.4, -0.2) is 23.1 Å². The highest BCUT2D eigenvalue weighted by atomic mass is 35.5. The Morgan fingerprint density at radius 2 is 2.12 bits per heavy atom. The molecule has 82 valence electrons. The van der Waals surface area contributed by atoms with E-state index in [1.165, 1.54) is 0 Å². The summed E-state index contributed by atoms with van der Waals surface area (Å²) in [6.07, 6.45) is 0.906. The molecule has 1 fully saturated rings. The van der Waals surface area contributed by atoms with Gasteiger partial charge in [0.1, 0.15) is 5.78 Å². The zero-order valence-electron chi connectivity index (χ0n) is 8.57. The summed E-state index contributed by atoms with van der Waals surface area (Å²) in [7, 11) is 0. The molecule has 4 heteroatoms. The molecule has 1 aromatic carbocycles. The first-order valence-electron chi connectivity index (χ1n) is 5.29. The van der Waals surface area contributed by atoms with E-state index in [-0.39, 0.29) is 17.7 Å². The molecule has 0 bridgehead atoms. The minimum atomic E-state index is -0.0811. The maximum absolute atomic E-state index is 12.0. The molecular weight excluding hydrogens is 226 g/mol. The number of piperidine rings is 1. The average Bonchev–Trinajstić information content (AvgIpc) is 2.52. The molecule has 0 aliphatic carbocycles. The Morgan fingerprint density at radius 3 is 2.94 bits per heavy atom. The molecule has 1 saturated heterocycles. The molecule has 0 radical (unpaired) electrons. The van der Waals surface area contributed by atoms with Crippen molar-refractivity contribution in [3.05, 3.63) is 34.3 Å². The Balaban J connectivity index is 2.11. The molecule has 2 aliphatic rings. The number of Topliss-reactive ketones (excluding diaryl/α,β-unsaturated/α-hetero) is 1. The monoisotopic (exact) mass is 235 g/mol. The molecule has 1 unspecified atom stereocenters. The summed E-state index contributed by atoms with van der Waals surface area (Å²) < 4.78 is 0. The van der Waals surface area contributed by atoms with E-state index in [1.807, 2.05) is 0 Å². The molecule has 2 heterocycles. The van der Waals surface area contributed by atoms with E-state index in [4.69, 9.17) is 11.6 Å². The van der Waals surface area contributed by atoms with Crippen LogP contribution in [0.2, 0.25) is 5.02 Å². The van der Waals surface area contributed by atoms with Gasteiger partial charge in [-0.2, -0.15) is 0 Å². The van der Waals surface area contributed by atoms with Crippen molar-refractivity contribution in [2.75, 3.05) is 6.54 Å². The summed E-state index contributed by atoms with van der Waals surface area (Å²) in [6, 6.07) is 5.20. The van der Waals surface area contributed by atoms with Crippen LogP contribution in [0.15, 0.2) is 18.2 Å². The van der Waals surface area contributed by atoms with E-state index in [2.05, 4.69) is 0 Å². The van der Waals surface area contributed by atoms with Gasteiger partial charge in [0.05, 0.1) is 6.04 Å². The quantitative estimate of drug-likeness (QED) is 0.691. The van der Waals surface area contributed by atoms with E-state index in [0.717, 1.165) is 5.56 Å². The van der Waals surface area contributed by atoms with Gasteiger partial charge in [-0.25, -0.2) is 0 Å². The third kappa shape index (κ3) is 1.28. The third-order valence-electron chi connectivity index (χ3n) is 3.29. The summed E-state index contributed by atoms with van der Waals surface area (Å²) in [5, 5.41) is 0.617. The van der Waals surface area contributed by atoms with Crippen LogP contribution < -0.4 is 0 Å². The van der Waals surface area contributed by atoms with Gasteiger partial charge >= 0.3 is 0 Å². The number of rotatable bonds is 0. The van der Waals surface area contributed by atoms with Gasteiger partial charge in [0.15, 0.2) is 0 Å². The molecule has 3 rings (SSSR count). The van der Waals surface area contributed by atoms with E-state index < -0.39 is 0 Å². The lowest BCUT2D eigenvalue weighted by molar-refractivity contribution is -0.122. The fraction of sp³-hybridized carbons (Fsp3) is 0.333. The molecule has 3 nitrogen and oxygen atoms in total. The molecule has 1 amide bonds. The van der Waals surface area contributed by atoms with Crippen LogP contribution in [0.25, 0.3) is 0 Å². The largest absolute Gasteiger partial charge is 0.331 e. The zero-order valence-corrected chi connectivity index (χ0v) is 9.33. The van der Waals surface area contributed by atoms with Gasteiger partial charge in [-0.1, -0.05) is 11.6 Å². The number of hydrogen-bond acceptors (Lipinski definition) is 2. The maximum Gasteiger partial charge on any atom is 0.254 e. The second-order valence-corrected chi connectivity index (χ2v) is 4.68. The van der Waals surface area contributed by atoms with Crippen molar-refractivity contribution in [2.24, 2.45) is 0 Å². The second-order valence-electron chi connectivity index (χ2n) is 4.24.